The SMILES string of the molecule is CCc1ccccc1-c1nc(-c2cccc(C)c2)n[nH]1.[V]. The van der Waals surface area contributed by atoms with E-state index in [9.17, 15) is 0 Å². The van der Waals surface area contributed by atoms with Crippen LogP contribution in [0.15, 0.2) is 48.5 Å². The van der Waals surface area contributed by atoms with Crippen molar-refractivity contribution in [1.82, 2.24) is 15.2 Å². The van der Waals surface area contributed by atoms with Crippen LogP contribution in [0.5, 0.6) is 0 Å². The van der Waals surface area contributed by atoms with Gasteiger partial charge in [0.15, 0.2) is 11.6 Å². The van der Waals surface area contributed by atoms with E-state index in [0.29, 0.717) is 0 Å². The molecule has 0 fully saturated rings. The molecule has 0 saturated carbocycles. The van der Waals surface area contributed by atoms with Gasteiger partial charge in [0.2, 0.25) is 0 Å². The van der Waals surface area contributed by atoms with E-state index >= 15 is 0 Å². The van der Waals surface area contributed by atoms with Crippen molar-refractivity contribution < 1.29 is 18.6 Å². The molecule has 0 aliphatic rings. The minimum Gasteiger partial charge on any atom is -0.259 e. The van der Waals surface area contributed by atoms with Crippen molar-refractivity contribution in [2.45, 2.75) is 20.3 Å². The number of hydrogen-bond donors (Lipinski definition) is 1. The van der Waals surface area contributed by atoms with E-state index in [0.717, 1.165) is 29.2 Å². The third kappa shape index (κ3) is 3.26. The van der Waals surface area contributed by atoms with Crippen LogP contribution < -0.4 is 0 Å². The fourth-order valence-electron chi connectivity index (χ4n) is 2.36. The Morgan fingerprint density at radius 2 is 1.86 bits per heavy atom. The van der Waals surface area contributed by atoms with E-state index in [1.54, 1.807) is 0 Å². The number of H-pyrrole nitrogens is 1. The van der Waals surface area contributed by atoms with Crippen molar-refractivity contribution in [2.75, 3.05) is 0 Å². The van der Waals surface area contributed by atoms with Gasteiger partial charge in [-0.15, -0.1) is 0 Å². The molecule has 0 saturated heterocycles. The third-order valence-electron chi connectivity index (χ3n) is 3.42. The summed E-state index contributed by atoms with van der Waals surface area (Å²) < 4.78 is 0. The van der Waals surface area contributed by atoms with Crippen LogP contribution in [0.4, 0.5) is 0 Å². The molecule has 105 valence electrons. The van der Waals surface area contributed by atoms with Gasteiger partial charge < -0.3 is 0 Å². The number of nitrogens with one attached hydrogen (secondary N) is 1. The molecule has 0 atom stereocenters. The van der Waals surface area contributed by atoms with Crippen LogP contribution in [0, 0.1) is 6.92 Å². The number of rotatable bonds is 3. The average molecular weight is 314 g/mol. The molecule has 4 heteroatoms. The largest absolute Gasteiger partial charge is 0.259 e. The van der Waals surface area contributed by atoms with E-state index in [1.165, 1.54) is 11.1 Å². The second-order valence-corrected chi connectivity index (χ2v) is 4.89. The quantitative estimate of drug-likeness (QED) is 0.793. The Labute approximate surface area is 136 Å². The maximum absolute atomic E-state index is 4.63. The summed E-state index contributed by atoms with van der Waals surface area (Å²) in [5.41, 5.74) is 4.66. The first-order valence-electron chi connectivity index (χ1n) is 6.85. The molecule has 0 spiro atoms. The first-order valence-corrected chi connectivity index (χ1v) is 6.85. The molecule has 3 rings (SSSR count). The Kier molecular flexibility index (Phi) is 5.00. The van der Waals surface area contributed by atoms with Gasteiger partial charge in [-0.05, 0) is 25.0 Å². The van der Waals surface area contributed by atoms with Gasteiger partial charge in [0.25, 0.3) is 0 Å². The standard InChI is InChI=1S/C17H17N3.V/c1-3-13-8-4-5-10-15(13)17-18-16(19-20-17)14-9-6-7-12(2)11-14;/h4-11H,3H2,1-2H3,(H,18,19,20);. The van der Waals surface area contributed by atoms with Crippen LogP contribution in [0.3, 0.4) is 0 Å². The molecule has 1 aromatic heterocycles. The molecule has 0 amide bonds. The molecule has 0 unspecified atom stereocenters. The van der Waals surface area contributed by atoms with Gasteiger partial charge in [-0.25, -0.2) is 4.98 Å². The molecule has 3 nitrogen and oxygen atoms in total. The predicted octanol–water partition coefficient (Wildman–Crippen LogP) is 4.01. The topological polar surface area (TPSA) is 41.6 Å². The molecule has 3 aromatic rings. The monoisotopic (exact) mass is 314 g/mol. The molecule has 0 aliphatic carbocycles. The van der Waals surface area contributed by atoms with E-state index < -0.39 is 0 Å². The van der Waals surface area contributed by atoms with E-state index in [2.05, 4.69) is 59.4 Å². The average Bonchev–Trinajstić information content (AvgIpc) is 2.97. The zero-order chi connectivity index (χ0) is 13.9. The third-order valence-corrected chi connectivity index (χ3v) is 3.42. The van der Waals surface area contributed by atoms with Gasteiger partial charge in [0.05, 0.1) is 0 Å². The van der Waals surface area contributed by atoms with Gasteiger partial charge in [0.1, 0.15) is 0 Å². The Morgan fingerprint density at radius 3 is 2.62 bits per heavy atom. The summed E-state index contributed by atoms with van der Waals surface area (Å²) in [4.78, 5) is 4.63. The maximum atomic E-state index is 4.63. The van der Waals surface area contributed by atoms with Gasteiger partial charge in [-0.1, -0.05) is 55.0 Å². The molecular formula is C17H17N3V. The van der Waals surface area contributed by atoms with E-state index in [1.807, 2.05) is 18.2 Å². The molecule has 1 heterocycles. The Balaban J connectivity index is 0.00000161. The van der Waals surface area contributed by atoms with Crippen molar-refractivity contribution in [3.8, 4) is 22.8 Å². The van der Waals surface area contributed by atoms with Crippen molar-refractivity contribution in [3.63, 3.8) is 0 Å². The molecule has 0 bridgehead atoms. The van der Waals surface area contributed by atoms with Crippen LogP contribution >= 0.6 is 0 Å². The van der Waals surface area contributed by atoms with Crippen LogP contribution in [0.25, 0.3) is 22.8 Å². The van der Waals surface area contributed by atoms with Crippen LogP contribution in [-0.4, -0.2) is 15.2 Å². The van der Waals surface area contributed by atoms with Crippen LogP contribution in [0.1, 0.15) is 18.1 Å². The molecule has 0 aliphatic heterocycles. The summed E-state index contributed by atoms with van der Waals surface area (Å²) in [6.45, 7) is 4.22. The smallest absolute Gasteiger partial charge is 0.181 e. The van der Waals surface area contributed by atoms with Crippen molar-refractivity contribution in [3.05, 3.63) is 59.7 Å². The van der Waals surface area contributed by atoms with E-state index in [-0.39, 0.29) is 18.6 Å². The number of aromatic nitrogens is 3. The zero-order valence-corrected chi connectivity index (χ0v) is 13.6. The molecule has 1 radical (unpaired) electrons. The predicted molar refractivity (Wildman–Crippen MR) is 81.4 cm³/mol. The maximum Gasteiger partial charge on any atom is 0.181 e. The first kappa shape index (κ1) is 15.6. The number of hydrogen-bond acceptors (Lipinski definition) is 2. The number of nitrogens with zero attached hydrogens (tertiary/aromatic N) is 2. The number of benzene rings is 2. The minimum atomic E-state index is 0. The van der Waals surface area contributed by atoms with Crippen LogP contribution in [-0.2, 0) is 25.0 Å². The number of aryl methyl sites for hydroxylation is 2. The molecule has 21 heavy (non-hydrogen) atoms. The fourth-order valence-corrected chi connectivity index (χ4v) is 2.36. The minimum absolute atomic E-state index is 0. The molecule has 1 N–H and O–H groups in total. The summed E-state index contributed by atoms with van der Waals surface area (Å²) in [6.07, 6.45) is 0.983. The van der Waals surface area contributed by atoms with Crippen molar-refractivity contribution >= 4 is 0 Å². The summed E-state index contributed by atoms with van der Waals surface area (Å²) in [7, 11) is 0. The van der Waals surface area contributed by atoms with Crippen molar-refractivity contribution in [2.24, 2.45) is 0 Å². The van der Waals surface area contributed by atoms with Gasteiger partial charge in [0, 0.05) is 29.7 Å². The number of aromatic amines is 1. The van der Waals surface area contributed by atoms with Gasteiger partial charge in [-0.3, -0.25) is 5.10 Å². The second-order valence-electron chi connectivity index (χ2n) is 4.89. The summed E-state index contributed by atoms with van der Waals surface area (Å²) in [5, 5.41) is 7.40. The van der Waals surface area contributed by atoms with Crippen molar-refractivity contribution in [1.29, 1.82) is 0 Å². The summed E-state index contributed by atoms with van der Waals surface area (Å²) in [6, 6.07) is 16.5. The molecule has 2 aromatic carbocycles. The molecular weight excluding hydrogens is 297 g/mol. The first-order chi connectivity index (χ1) is 9.78. The van der Waals surface area contributed by atoms with Gasteiger partial charge in [-0.2, -0.15) is 5.10 Å². The van der Waals surface area contributed by atoms with Gasteiger partial charge >= 0.3 is 0 Å². The second kappa shape index (κ2) is 6.75. The van der Waals surface area contributed by atoms with E-state index in [4.69, 9.17) is 0 Å². The fraction of sp³-hybridized carbons (Fsp3) is 0.176. The zero-order valence-electron chi connectivity index (χ0n) is 12.2. The van der Waals surface area contributed by atoms with Crippen LogP contribution in [0.2, 0.25) is 0 Å². The summed E-state index contributed by atoms with van der Waals surface area (Å²) >= 11 is 0. The Bertz CT molecular complexity index is 734. The normalized spacial score (nSPS) is 10.2. The Morgan fingerprint density at radius 1 is 1.05 bits per heavy atom. The Hall–Kier alpha value is -1.84. The summed E-state index contributed by atoms with van der Waals surface area (Å²) in [5.74, 6) is 1.58.